The molecule has 0 aliphatic carbocycles. The molecule has 1 aliphatic heterocycles. The molecule has 0 N–H and O–H groups in total. The van der Waals surface area contributed by atoms with Gasteiger partial charge < -0.3 is 14.4 Å². The van der Waals surface area contributed by atoms with Gasteiger partial charge in [0.05, 0.1) is 18.9 Å². The van der Waals surface area contributed by atoms with Crippen LogP contribution >= 0.6 is 0 Å². The Morgan fingerprint density at radius 2 is 1.83 bits per heavy atom. The highest BCUT2D eigenvalue weighted by Crippen LogP contribution is 2.24. The lowest BCUT2D eigenvalue weighted by Crippen LogP contribution is -2.52. The summed E-state index contributed by atoms with van der Waals surface area (Å²) in [6.45, 7) is 1.76. The zero-order chi connectivity index (χ0) is 15.8. The van der Waals surface area contributed by atoms with Crippen LogP contribution < -0.4 is 9.64 Å². The summed E-state index contributed by atoms with van der Waals surface area (Å²) in [6.07, 6.45) is 4.29. The number of rotatable bonds is 4. The van der Waals surface area contributed by atoms with Gasteiger partial charge in [0.1, 0.15) is 11.6 Å². The van der Waals surface area contributed by atoms with Crippen LogP contribution in [0.1, 0.15) is 0 Å². The van der Waals surface area contributed by atoms with Crippen LogP contribution in [0.5, 0.6) is 5.75 Å². The zero-order valence-electron chi connectivity index (χ0n) is 13.1. The lowest BCUT2D eigenvalue weighted by atomic mass is 10.2. The van der Waals surface area contributed by atoms with Gasteiger partial charge in [-0.25, -0.2) is 4.98 Å². The molecule has 0 unspecified atom stereocenters. The van der Waals surface area contributed by atoms with Gasteiger partial charge in [0.2, 0.25) is 5.78 Å². The highest BCUT2D eigenvalue weighted by molar-refractivity contribution is 5.63. The first-order valence-corrected chi connectivity index (χ1v) is 7.55. The summed E-state index contributed by atoms with van der Waals surface area (Å²) in [5.74, 6) is 2.48. The average molecular weight is 310 g/mol. The van der Waals surface area contributed by atoms with Gasteiger partial charge in [0, 0.05) is 38.2 Å². The Morgan fingerprint density at radius 1 is 1.04 bits per heavy atom. The summed E-state index contributed by atoms with van der Waals surface area (Å²) in [5.41, 5.74) is 1.94. The van der Waals surface area contributed by atoms with Crippen LogP contribution in [-0.2, 0) is 4.74 Å². The Kier molecular flexibility index (Phi) is 3.38. The molecule has 0 saturated carbocycles. The van der Waals surface area contributed by atoms with Crippen LogP contribution in [0.2, 0.25) is 0 Å². The quantitative estimate of drug-likeness (QED) is 0.740. The molecule has 3 aromatic rings. The number of ether oxygens (including phenoxy) is 2. The molecule has 0 bridgehead atoms. The van der Waals surface area contributed by atoms with Crippen molar-refractivity contribution in [2.75, 3.05) is 32.2 Å². The van der Waals surface area contributed by atoms with Gasteiger partial charge in [-0.2, -0.15) is 4.98 Å². The molecule has 1 aromatic carbocycles. The Hall–Kier alpha value is -2.60. The van der Waals surface area contributed by atoms with Gasteiger partial charge in [-0.15, -0.1) is 0 Å². The summed E-state index contributed by atoms with van der Waals surface area (Å²) in [7, 11) is 3.41. The van der Waals surface area contributed by atoms with E-state index in [-0.39, 0.29) is 0 Å². The van der Waals surface area contributed by atoms with Crippen LogP contribution in [0.25, 0.3) is 17.0 Å². The SMILES string of the molecule is COc1ccc(-c2cn3ccc(N4CC(OC)C4)nc3n2)cc1. The minimum Gasteiger partial charge on any atom is -0.497 e. The zero-order valence-corrected chi connectivity index (χ0v) is 13.1. The third-order valence-electron chi connectivity index (χ3n) is 4.20. The van der Waals surface area contributed by atoms with Gasteiger partial charge in [-0.05, 0) is 30.3 Å². The maximum Gasteiger partial charge on any atom is 0.236 e. The van der Waals surface area contributed by atoms with Crippen molar-refractivity contribution in [3.05, 3.63) is 42.7 Å². The maximum atomic E-state index is 5.31. The lowest BCUT2D eigenvalue weighted by molar-refractivity contribution is 0.0783. The van der Waals surface area contributed by atoms with E-state index in [2.05, 4.69) is 14.9 Å². The highest BCUT2D eigenvalue weighted by Gasteiger charge is 2.27. The van der Waals surface area contributed by atoms with E-state index >= 15 is 0 Å². The standard InChI is InChI=1S/C17H18N4O2/c1-22-13-5-3-12(4-6-13)15-11-20-8-7-16(19-17(20)18-15)21-9-14(10-21)23-2/h3-8,11,14H,9-10H2,1-2H3. The van der Waals surface area contributed by atoms with Crippen molar-refractivity contribution < 1.29 is 9.47 Å². The Labute approximate surface area is 134 Å². The number of nitrogens with zero attached hydrogens (tertiary/aromatic N) is 4. The number of anilines is 1. The summed E-state index contributed by atoms with van der Waals surface area (Å²) < 4.78 is 12.4. The number of hydrogen-bond donors (Lipinski definition) is 0. The van der Waals surface area contributed by atoms with Crippen LogP contribution in [0.3, 0.4) is 0 Å². The first-order chi connectivity index (χ1) is 11.3. The topological polar surface area (TPSA) is 51.9 Å². The first-order valence-electron chi connectivity index (χ1n) is 7.55. The van der Waals surface area contributed by atoms with Gasteiger partial charge in [-0.3, -0.25) is 4.40 Å². The smallest absolute Gasteiger partial charge is 0.236 e. The Morgan fingerprint density at radius 3 is 2.52 bits per heavy atom. The normalized spacial score (nSPS) is 15.0. The van der Waals surface area contributed by atoms with Crippen molar-refractivity contribution in [3.8, 4) is 17.0 Å². The molecule has 3 heterocycles. The molecule has 0 radical (unpaired) electrons. The fourth-order valence-corrected chi connectivity index (χ4v) is 2.71. The van der Waals surface area contributed by atoms with E-state index in [1.165, 1.54) is 0 Å². The second kappa shape index (κ2) is 5.55. The van der Waals surface area contributed by atoms with E-state index in [4.69, 9.17) is 9.47 Å². The van der Waals surface area contributed by atoms with Crippen molar-refractivity contribution in [1.29, 1.82) is 0 Å². The Balaban J connectivity index is 1.62. The minimum atomic E-state index is 0.308. The van der Waals surface area contributed by atoms with E-state index in [0.717, 1.165) is 35.9 Å². The molecular formula is C17H18N4O2. The van der Waals surface area contributed by atoms with Crippen LogP contribution in [0.4, 0.5) is 5.82 Å². The molecular weight excluding hydrogens is 292 g/mol. The van der Waals surface area contributed by atoms with Crippen LogP contribution in [0, 0.1) is 0 Å². The van der Waals surface area contributed by atoms with Crippen molar-refractivity contribution in [3.63, 3.8) is 0 Å². The summed E-state index contributed by atoms with van der Waals surface area (Å²) in [6, 6.07) is 9.88. The summed E-state index contributed by atoms with van der Waals surface area (Å²) in [5, 5.41) is 0. The molecule has 1 aliphatic rings. The second-order valence-corrected chi connectivity index (χ2v) is 5.61. The van der Waals surface area contributed by atoms with Crippen molar-refractivity contribution >= 4 is 11.6 Å². The molecule has 0 spiro atoms. The van der Waals surface area contributed by atoms with Crippen LogP contribution in [-0.4, -0.2) is 47.8 Å². The van der Waals surface area contributed by atoms with Gasteiger partial charge in [0.25, 0.3) is 0 Å². The van der Waals surface area contributed by atoms with Crippen LogP contribution in [0.15, 0.2) is 42.7 Å². The summed E-state index contributed by atoms with van der Waals surface area (Å²) >= 11 is 0. The number of hydrogen-bond acceptors (Lipinski definition) is 5. The molecule has 6 nitrogen and oxygen atoms in total. The maximum absolute atomic E-state index is 5.31. The molecule has 1 saturated heterocycles. The number of aromatic nitrogens is 3. The van der Waals surface area contributed by atoms with Gasteiger partial charge >= 0.3 is 0 Å². The largest absolute Gasteiger partial charge is 0.497 e. The summed E-state index contributed by atoms with van der Waals surface area (Å²) in [4.78, 5) is 11.5. The number of fused-ring (bicyclic) bond motifs is 1. The van der Waals surface area contributed by atoms with E-state index in [0.29, 0.717) is 11.9 Å². The molecule has 6 heteroatoms. The van der Waals surface area contributed by atoms with E-state index < -0.39 is 0 Å². The minimum absolute atomic E-state index is 0.308. The fourth-order valence-electron chi connectivity index (χ4n) is 2.71. The lowest BCUT2D eigenvalue weighted by Gasteiger charge is -2.38. The van der Waals surface area contributed by atoms with Crippen molar-refractivity contribution in [2.24, 2.45) is 0 Å². The third-order valence-corrected chi connectivity index (χ3v) is 4.20. The number of methoxy groups -OCH3 is 2. The van der Waals surface area contributed by atoms with Gasteiger partial charge in [-0.1, -0.05) is 0 Å². The van der Waals surface area contributed by atoms with Crippen molar-refractivity contribution in [2.45, 2.75) is 6.10 Å². The number of benzene rings is 1. The molecule has 23 heavy (non-hydrogen) atoms. The molecule has 0 atom stereocenters. The highest BCUT2D eigenvalue weighted by atomic mass is 16.5. The molecule has 2 aromatic heterocycles. The van der Waals surface area contributed by atoms with E-state index in [1.807, 2.05) is 47.1 Å². The fraction of sp³-hybridized carbons (Fsp3) is 0.294. The van der Waals surface area contributed by atoms with E-state index in [9.17, 15) is 0 Å². The van der Waals surface area contributed by atoms with Gasteiger partial charge in [0.15, 0.2) is 0 Å². The second-order valence-electron chi connectivity index (χ2n) is 5.61. The third kappa shape index (κ3) is 2.51. The predicted octanol–water partition coefficient (Wildman–Crippen LogP) is 2.24. The Bertz CT molecular complexity index is 822. The molecule has 1 fully saturated rings. The average Bonchev–Trinajstić information content (AvgIpc) is 2.97. The monoisotopic (exact) mass is 310 g/mol. The molecule has 118 valence electrons. The molecule has 4 rings (SSSR count). The first kappa shape index (κ1) is 14.0. The molecule has 0 amide bonds. The van der Waals surface area contributed by atoms with E-state index in [1.54, 1.807) is 14.2 Å². The number of imidazole rings is 1. The predicted molar refractivity (Wildman–Crippen MR) is 88.0 cm³/mol. The van der Waals surface area contributed by atoms with Crippen molar-refractivity contribution in [1.82, 2.24) is 14.4 Å².